The van der Waals surface area contributed by atoms with Crippen molar-refractivity contribution in [3.8, 4) is 0 Å². The molecule has 7 unspecified atom stereocenters. The summed E-state index contributed by atoms with van der Waals surface area (Å²) < 4.78 is 11.2. The van der Waals surface area contributed by atoms with E-state index in [4.69, 9.17) is 9.47 Å². The van der Waals surface area contributed by atoms with Crippen LogP contribution in [0.2, 0.25) is 0 Å². The number of ether oxygens (including phenoxy) is 2. The summed E-state index contributed by atoms with van der Waals surface area (Å²) in [5.41, 5.74) is 0. The maximum Gasteiger partial charge on any atom is 0.220 e. The number of amides is 1. The highest BCUT2D eigenvalue weighted by atomic mass is 16.7. The molecule has 1 aliphatic heterocycles. The van der Waals surface area contributed by atoms with E-state index in [9.17, 15) is 30.3 Å². The molecule has 6 N–H and O–H groups in total. The van der Waals surface area contributed by atoms with Crippen molar-refractivity contribution >= 4 is 5.91 Å². The molecule has 1 rings (SSSR count). The third-order valence-electron chi connectivity index (χ3n) is 9.46. The minimum Gasteiger partial charge on any atom is -0.394 e. The minimum absolute atomic E-state index is 0.133. The maximum absolute atomic E-state index is 12.8. The monoisotopic (exact) mass is 660 g/mol. The van der Waals surface area contributed by atoms with Gasteiger partial charge in [0.1, 0.15) is 24.4 Å². The van der Waals surface area contributed by atoms with Crippen molar-refractivity contribution < 1.29 is 39.8 Å². The first-order valence-electron chi connectivity index (χ1n) is 19.2. The molecule has 1 aliphatic rings. The Hall–Kier alpha value is -0.810. The van der Waals surface area contributed by atoms with Gasteiger partial charge in [0.05, 0.1) is 25.4 Å². The maximum atomic E-state index is 12.8. The molecule has 0 aliphatic carbocycles. The first kappa shape index (κ1) is 43.2. The topological polar surface area (TPSA) is 149 Å². The summed E-state index contributed by atoms with van der Waals surface area (Å²) in [6.07, 6.45) is 21.2. The van der Waals surface area contributed by atoms with Gasteiger partial charge in [-0.3, -0.25) is 4.79 Å². The fourth-order valence-electron chi connectivity index (χ4n) is 6.28. The first-order valence-corrected chi connectivity index (χ1v) is 19.2. The van der Waals surface area contributed by atoms with Gasteiger partial charge in [0.25, 0.3) is 0 Å². The van der Waals surface area contributed by atoms with E-state index < -0.39 is 49.5 Å². The number of carbonyl (C=O) groups is 1. The lowest BCUT2D eigenvalue weighted by Gasteiger charge is -2.40. The number of rotatable bonds is 31. The zero-order valence-electron chi connectivity index (χ0n) is 29.6. The second-order valence-corrected chi connectivity index (χ2v) is 13.7. The summed E-state index contributed by atoms with van der Waals surface area (Å²) in [6.45, 7) is 3.78. The SMILES string of the molecule is CCCCCCCCCCCCCCCCCC(=O)NC(COC1OC(CO)C(O)C(O)C1O)C(O)CCCCCCCCCC. The van der Waals surface area contributed by atoms with Gasteiger partial charge in [-0.15, -0.1) is 0 Å². The van der Waals surface area contributed by atoms with Crippen molar-refractivity contribution in [3.05, 3.63) is 0 Å². The molecule has 46 heavy (non-hydrogen) atoms. The van der Waals surface area contributed by atoms with Gasteiger partial charge in [-0.2, -0.15) is 0 Å². The van der Waals surface area contributed by atoms with Gasteiger partial charge < -0.3 is 40.3 Å². The van der Waals surface area contributed by atoms with E-state index in [-0.39, 0.29) is 12.5 Å². The Morgan fingerprint density at radius 3 is 1.54 bits per heavy atom. The van der Waals surface area contributed by atoms with Crippen LogP contribution in [0.15, 0.2) is 0 Å². The van der Waals surface area contributed by atoms with Crippen molar-refractivity contribution in [3.63, 3.8) is 0 Å². The van der Waals surface area contributed by atoms with E-state index in [0.717, 1.165) is 38.5 Å². The lowest BCUT2D eigenvalue weighted by Crippen LogP contribution is -2.60. The van der Waals surface area contributed by atoms with Crippen molar-refractivity contribution in [1.29, 1.82) is 0 Å². The van der Waals surface area contributed by atoms with Crippen LogP contribution in [-0.2, 0) is 14.3 Å². The van der Waals surface area contributed by atoms with Gasteiger partial charge in [0, 0.05) is 6.42 Å². The summed E-state index contributed by atoms with van der Waals surface area (Å²) in [5.74, 6) is -0.146. The molecule has 1 heterocycles. The summed E-state index contributed by atoms with van der Waals surface area (Å²) >= 11 is 0. The Kier molecular flexibility index (Phi) is 27.4. The number of nitrogens with one attached hydrogen (secondary N) is 1. The van der Waals surface area contributed by atoms with Crippen LogP contribution in [0.1, 0.15) is 174 Å². The number of unbranched alkanes of at least 4 members (excludes halogenated alkanes) is 21. The van der Waals surface area contributed by atoms with Gasteiger partial charge in [0.15, 0.2) is 6.29 Å². The summed E-state index contributed by atoms with van der Waals surface area (Å²) in [6, 6.07) is -0.708. The van der Waals surface area contributed by atoms with Crippen LogP contribution < -0.4 is 5.32 Å². The molecule has 0 saturated carbocycles. The predicted molar refractivity (Wildman–Crippen MR) is 184 cm³/mol. The normalized spacial score (nSPS) is 23.0. The van der Waals surface area contributed by atoms with Crippen molar-refractivity contribution in [2.45, 2.75) is 217 Å². The third-order valence-corrected chi connectivity index (χ3v) is 9.46. The fourth-order valence-corrected chi connectivity index (χ4v) is 6.28. The van der Waals surface area contributed by atoms with Crippen LogP contribution in [-0.4, -0.2) is 87.5 Å². The molecule has 7 atom stereocenters. The van der Waals surface area contributed by atoms with Crippen LogP contribution in [0.4, 0.5) is 0 Å². The van der Waals surface area contributed by atoms with Crippen LogP contribution in [0.25, 0.3) is 0 Å². The van der Waals surface area contributed by atoms with Gasteiger partial charge in [-0.05, 0) is 12.8 Å². The van der Waals surface area contributed by atoms with Gasteiger partial charge >= 0.3 is 0 Å². The zero-order chi connectivity index (χ0) is 33.8. The number of aliphatic hydroxyl groups is 5. The number of hydrogen-bond acceptors (Lipinski definition) is 8. The second-order valence-electron chi connectivity index (χ2n) is 13.7. The molecule has 0 radical (unpaired) electrons. The fraction of sp³-hybridized carbons (Fsp3) is 0.973. The standard InChI is InChI=1S/C37H73NO8/c1-3-5-7-9-11-13-14-15-16-17-18-19-21-23-25-27-33(41)38-30(31(40)26-24-22-20-12-10-8-6-4-2)29-45-37-36(44)35(43)34(42)32(28-39)46-37/h30-32,34-37,39-40,42-44H,3-29H2,1-2H3,(H,38,41). The minimum atomic E-state index is -1.55. The highest BCUT2D eigenvalue weighted by Crippen LogP contribution is 2.23. The summed E-state index contributed by atoms with van der Waals surface area (Å²) in [4.78, 5) is 12.8. The largest absolute Gasteiger partial charge is 0.394 e. The highest BCUT2D eigenvalue weighted by Gasteiger charge is 2.44. The van der Waals surface area contributed by atoms with Crippen LogP contribution in [0, 0.1) is 0 Å². The Morgan fingerprint density at radius 2 is 1.09 bits per heavy atom. The van der Waals surface area contributed by atoms with E-state index >= 15 is 0 Å². The number of hydrogen-bond donors (Lipinski definition) is 6. The lowest BCUT2D eigenvalue weighted by atomic mass is 9.99. The van der Waals surface area contributed by atoms with Crippen LogP contribution >= 0.6 is 0 Å². The van der Waals surface area contributed by atoms with Gasteiger partial charge in [-0.25, -0.2) is 0 Å². The van der Waals surface area contributed by atoms with E-state index in [1.54, 1.807) is 0 Å². The van der Waals surface area contributed by atoms with Crippen LogP contribution in [0.3, 0.4) is 0 Å². The highest BCUT2D eigenvalue weighted by molar-refractivity contribution is 5.76. The average Bonchev–Trinajstić information content (AvgIpc) is 3.05. The first-order chi connectivity index (χ1) is 22.3. The quantitative estimate of drug-likeness (QED) is 0.0466. The molecule has 0 bridgehead atoms. The average molecular weight is 660 g/mol. The smallest absolute Gasteiger partial charge is 0.220 e. The van der Waals surface area contributed by atoms with E-state index in [1.165, 1.54) is 109 Å². The second kappa shape index (κ2) is 29.1. The van der Waals surface area contributed by atoms with Gasteiger partial charge in [-0.1, -0.05) is 155 Å². The molecule has 0 aromatic heterocycles. The Bertz CT molecular complexity index is 696. The Labute approximate surface area is 281 Å². The zero-order valence-corrected chi connectivity index (χ0v) is 29.6. The molecule has 0 spiro atoms. The number of carbonyl (C=O) groups excluding carboxylic acids is 1. The lowest BCUT2D eigenvalue weighted by molar-refractivity contribution is -0.302. The van der Waals surface area contributed by atoms with E-state index in [0.29, 0.717) is 12.8 Å². The summed E-state index contributed by atoms with van der Waals surface area (Å²) in [7, 11) is 0. The molecule has 1 fully saturated rings. The van der Waals surface area contributed by atoms with Crippen molar-refractivity contribution in [2.75, 3.05) is 13.2 Å². The Morgan fingerprint density at radius 1 is 0.652 bits per heavy atom. The molecular formula is C37H73NO8. The molecule has 0 aromatic carbocycles. The van der Waals surface area contributed by atoms with E-state index in [2.05, 4.69) is 19.2 Å². The Balaban J connectivity index is 2.36. The predicted octanol–water partition coefficient (Wildman–Crippen LogP) is 6.44. The third kappa shape index (κ3) is 20.5. The van der Waals surface area contributed by atoms with Crippen molar-refractivity contribution in [1.82, 2.24) is 5.32 Å². The molecule has 1 amide bonds. The molecule has 1 saturated heterocycles. The summed E-state index contributed by atoms with van der Waals surface area (Å²) in [5, 5.41) is 53.9. The molecule has 0 aromatic rings. The molecule has 274 valence electrons. The number of aliphatic hydroxyl groups excluding tert-OH is 5. The molecular weight excluding hydrogens is 586 g/mol. The molecule has 9 nitrogen and oxygen atoms in total. The van der Waals surface area contributed by atoms with Crippen LogP contribution in [0.5, 0.6) is 0 Å². The molecule has 9 heteroatoms. The van der Waals surface area contributed by atoms with Crippen molar-refractivity contribution in [2.24, 2.45) is 0 Å². The van der Waals surface area contributed by atoms with Gasteiger partial charge in [0.2, 0.25) is 5.91 Å². The van der Waals surface area contributed by atoms with E-state index in [1.807, 2.05) is 0 Å².